The van der Waals surface area contributed by atoms with E-state index in [1.165, 1.54) is 0 Å². The van der Waals surface area contributed by atoms with Crippen molar-refractivity contribution in [1.82, 2.24) is 10.9 Å². The molecule has 0 fully saturated rings. The van der Waals surface area contributed by atoms with Gasteiger partial charge in [0.15, 0.2) is 18.1 Å². The molecule has 0 saturated heterocycles. The summed E-state index contributed by atoms with van der Waals surface area (Å²) in [5.74, 6) is 1.21. The van der Waals surface area contributed by atoms with E-state index in [-0.39, 0.29) is 25.7 Å². The maximum atomic E-state index is 11.8. The number of fused-ring (bicyclic) bond motifs is 1. The lowest BCUT2D eigenvalue weighted by Gasteiger charge is -2.09. The van der Waals surface area contributed by atoms with Crippen molar-refractivity contribution in [3.8, 4) is 17.2 Å². The van der Waals surface area contributed by atoms with Crippen molar-refractivity contribution < 1.29 is 23.8 Å². The fourth-order valence-corrected chi connectivity index (χ4v) is 2.68. The van der Waals surface area contributed by atoms with Crippen LogP contribution in [0.2, 0.25) is 0 Å². The second kappa shape index (κ2) is 8.57. The molecule has 2 N–H and O–H groups in total. The number of carbonyl (C=O) groups is 2. The van der Waals surface area contributed by atoms with Gasteiger partial charge in [0.25, 0.3) is 5.91 Å². The summed E-state index contributed by atoms with van der Waals surface area (Å²) in [5.41, 5.74) is 5.65. The summed E-state index contributed by atoms with van der Waals surface area (Å²) in [6, 6.07) is 12.7. The van der Waals surface area contributed by atoms with Gasteiger partial charge in [-0.3, -0.25) is 20.4 Å². The Labute approximate surface area is 158 Å². The Balaban J connectivity index is 1.36. The van der Waals surface area contributed by atoms with Crippen LogP contribution >= 0.6 is 15.9 Å². The van der Waals surface area contributed by atoms with Crippen LogP contribution in [0.5, 0.6) is 17.2 Å². The second-order valence-electron chi connectivity index (χ2n) is 5.53. The van der Waals surface area contributed by atoms with E-state index < -0.39 is 5.91 Å². The number of hydrogen-bond donors (Lipinski definition) is 2. The summed E-state index contributed by atoms with van der Waals surface area (Å²) in [5, 5.41) is 0. The van der Waals surface area contributed by atoms with E-state index in [4.69, 9.17) is 14.2 Å². The first-order valence-electron chi connectivity index (χ1n) is 7.95. The summed E-state index contributed by atoms with van der Waals surface area (Å²) in [4.78, 5) is 23.6. The third-order valence-electron chi connectivity index (χ3n) is 3.59. The average molecular weight is 421 g/mol. The first-order valence-corrected chi connectivity index (χ1v) is 8.74. The quantitative estimate of drug-likeness (QED) is 0.700. The molecule has 3 rings (SSSR count). The number of rotatable bonds is 6. The lowest BCUT2D eigenvalue weighted by atomic mass is 10.1. The van der Waals surface area contributed by atoms with Gasteiger partial charge in [-0.2, -0.15) is 0 Å². The van der Waals surface area contributed by atoms with Crippen LogP contribution < -0.4 is 25.1 Å². The van der Waals surface area contributed by atoms with Crippen LogP contribution in [0.1, 0.15) is 12.0 Å². The predicted molar refractivity (Wildman–Crippen MR) is 96.8 cm³/mol. The van der Waals surface area contributed by atoms with Gasteiger partial charge in [-0.1, -0.05) is 28.1 Å². The number of hydrogen-bond acceptors (Lipinski definition) is 5. The van der Waals surface area contributed by atoms with Gasteiger partial charge >= 0.3 is 0 Å². The molecule has 0 spiro atoms. The Morgan fingerprint density at radius 1 is 1.04 bits per heavy atom. The highest BCUT2D eigenvalue weighted by molar-refractivity contribution is 9.10. The van der Waals surface area contributed by atoms with Gasteiger partial charge in [-0.15, -0.1) is 0 Å². The zero-order valence-electron chi connectivity index (χ0n) is 13.8. The zero-order valence-corrected chi connectivity index (χ0v) is 15.4. The summed E-state index contributed by atoms with van der Waals surface area (Å²) in [6.45, 7) is 0.0200. The smallest absolute Gasteiger partial charge is 0.276 e. The van der Waals surface area contributed by atoms with Crippen molar-refractivity contribution in [3.05, 3.63) is 52.5 Å². The fraction of sp³-hybridized carbons (Fsp3) is 0.222. The largest absolute Gasteiger partial charge is 0.484 e. The van der Waals surface area contributed by atoms with E-state index in [1.807, 2.05) is 24.3 Å². The molecule has 136 valence electrons. The Morgan fingerprint density at radius 2 is 1.85 bits per heavy atom. The van der Waals surface area contributed by atoms with E-state index in [0.717, 1.165) is 10.0 Å². The monoisotopic (exact) mass is 420 g/mol. The molecule has 0 bridgehead atoms. The molecule has 7 nitrogen and oxygen atoms in total. The van der Waals surface area contributed by atoms with Gasteiger partial charge < -0.3 is 14.2 Å². The molecule has 1 aliphatic rings. The lowest BCUT2D eigenvalue weighted by Crippen LogP contribution is -2.43. The minimum atomic E-state index is -0.443. The summed E-state index contributed by atoms with van der Waals surface area (Å²) >= 11 is 3.32. The van der Waals surface area contributed by atoms with E-state index in [1.54, 1.807) is 18.2 Å². The van der Waals surface area contributed by atoms with E-state index >= 15 is 0 Å². The number of carbonyl (C=O) groups excluding carboxylic acids is 2. The number of hydrazine groups is 1. The van der Waals surface area contributed by atoms with E-state index in [9.17, 15) is 9.59 Å². The van der Waals surface area contributed by atoms with Gasteiger partial charge in [0.1, 0.15) is 5.75 Å². The molecule has 0 aromatic heterocycles. The first-order chi connectivity index (χ1) is 12.6. The molecule has 0 aliphatic carbocycles. The number of benzene rings is 2. The molecule has 2 aromatic rings. The van der Waals surface area contributed by atoms with Crippen molar-refractivity contribution >= 4 is 27.7 Å². The van der Waals surface area contributed by atoms with Crippen LogP contribution in [0.3, 0.4) is 0 Å². The van der Waals surface area contributed by atoms with E-state index in [0.29, 0.717) is 23.7 Å². The number of ether oxygens (including phenoxy) is 3. The summed E-state index contributed by atoms with van der Waals surface area (Å²) in [6.07, 6.45) is 0.749. The summed E-state index contributed by atoms with van der Waals surface area (Å²) in [7, 11) is 0. The molecule has 1 aliphatic heterocycles. The van der Waals surface area contributed by atoms with Crippen LogP contribution in [-0.4, -0.2) is 25.2 Å². The summed E-state index contributed by atoms with van der Waals surface area (Å²) < 4.78 is 16.7. The zero-order chi connectivity index (χ0) is 18.4. The topological polar surface area (TPSA) is 85.9 Å². The average Bonchev–Trinajstić information content (AvgIpc) is 3.11. The third kappa shape index (κ3) is 5.13. The molecule has 0 saturated carbocycles. The molecule has 2 aromatic carbocycles. The maximum absolute atomic E-state index is 11.8. The molecule has 1 heterocycles. The van der Waals surface area contributed by atoms with Crippen molar-refractivity contribution in [2.24, 2.45) is 0 Å². The maximum Gasteiger partial charge on any atom is 0.276 e. The Hall–Kier alpha value is -2.74. The Kier molecular flexibility index (Phi) is 5.96. The molecule has 0 atom stereocenters. The van der Waals surface area contributed by atoms with Crippen LogP contribution in [0.25, 0.3) is 0 Å². The van der Waals surface area contributed by atoms with Crippen molar-refractivity contribution in [1.29, 1.82) is 0 Å². The van der Waals surface area contributed by atoms with Gasteiger partial charge in [0.05, 0.1) is 0 Å². The SMILES string of the molecule is O=C(CCc1ccc2c(c1)OCO2)NNC(=O)COc1cccc(Br)c1. The molecule has 2 amide bonds. The minimum Gasteiger partial charge on any atom is -0.484 e. The predicted octanol–water partition coefficient (Wildman–Crippen LogP) is 2.34. The fourth-order valence-electron chi connectivity index (χ4n) is 2.30. The van der Waals surface area contributed by atoms with Crippen LogP contribution in [-0.2, 0) is 16.0 Å². The van der Waals surface area contributed by atoms with Gasteiger partial charge in [0.2, 0.25) is 12.7 Å². The Bertz CT molecular complexity index is 812. The first kappa shape index (κ1) is 18.1. The standard InChI is InChI=1S/C18H17BrN2O5/c19-13-2-1-3-14(9-13)24-10-18(23)21-20-17(22)7-5-12-4-6-15-16(8-12)26-11-25-15/h1-4,6,8-9H,5,7,10-11H2,(H,20,22)(H,21,23). The van der Waals surface area contributed by atoms with Gasteiger partial charge in [0, 0.05) is 10.9 Å². The molecule has 0 radical (unpaired) electrons. The van der Waals surface area contributed by atoms with Gasteiger partial charge in [-0.05, 0) is 42.3 Å². The van der Waals surface area contributed by atoms with Gasteiger partial charge in [-0.25, -0.2) is 0 Å². The highest BCUT2D eigenvalue weighted by atomic mass is 79.9. The number of amides is 2. The third-order valence-corrected chi connectivity index (χ3v) is 4.08. The van der Waals surface area contributed by atoms with Crippen LogP contribution in [0.15, 0.2) is 46.9 Å². The second-order valence-corrected chi connectivity index (χ2v) is 6.45. The van der Waals surface area contributed by atoms with E-state index in [2.05, 4.69) is 26.8 Å². The van der Waals surface area contributed by atoms with Crippen molar-refractivity contribution in [3.63, 3.8) is 0 Å². The molecular weight excluding hydrogens is 404 g/mol. The number of halogens is 1. The molecule has 26 heavy (non-hydrogen) atoms. The molecule has 0 unspecified atom stereocenters. The van der Waals surface area contributed by atoms with Crippen LogP contribution in [0, 0.1) is 0 Å². The molecule has 8 heteroatoms. The van der Waals surface area contributed by atoms with Crippen LogP contribution in [0.4, 0.5) is 0 Å². The molecular formula is C18H17BrN2O5. The number of nitrogens with one attached hydrogen (secondary N) is 2. The minimum absolute atomic E-state index is 0.196. The highest BCUT2D eigenvalue weighted by Gasteiger charge is 2.13. The van der Waals surface area contributed by atoms with Crippen molar-refractivity contribution in [2.45, 2.75) is 12.8 Å². The Morgan fingerprint density at radius 3 is 2.69 bits per heavy atom. The normalized spacial score (nSPS) is 11.7. The lowest BCUT2D eigenvalue weighted by molar-refractivity contribution is -0.130. The number of aryl methyl sites for hydroxylation is 1. The van der Waals surface area contributed by atoms with Crippen molar-refractivity contribution in [2.75, 3.05) is 13.4 Å². The highest BCUT2D eigenvalue weighted by Crippen LogP contribution is 2.32.